The van der Waals surface area contributed by atoms with E-state index < -0.39 is 23.7 Å². The molecule has 12 heteroatoms. The number of benzene rings is 2. The third kappa shape index (κ3) is 9.56. The van der Waals surface area contributed by atoms with Crippen molar-refractivity contribution in [1.82, 2.24) is 10.3 Å². The predicted molar refractivity (Wildman–Crippen MR) is 138 cm³/mol. The van der Waals surface area contributed by atoms with E-state index in [9.17, 15) is 9.59 Å². The number of esters is 1. The molecule has 0 radical (unpaired) electrons. The molecule has 3 aromatic rings. The average Bonchev–Trinajstić information content (AvgIpc) is 3.43. The van der Waals surface area contributed by atoms with Gasteiger partial charge in [-0.25, -0.2) is 9.63 Å². The number of thiophene rings is 1. The van der Waals surface area contributed by atoms with Gasteiger partial charge in [0.25, 0.3) is 0 Å². The van der Waals surface area contributed by atoms with E-state index in [1.165, 1.54) is 11.8 Å². The molecule has 0 saturated heterocycles. The zero-order valence-electron chi connectivity index (χ0n) is 21.2. The summed E-state index contributed by atoms with van der Waals surface area (Å²) < 4.78 is 21.9. The van der Waals surface area contributed by atoms with Crippen LogP contribution in [0.15, 0.2) is 60.0 Å². The highest BCUT2D eigenvalue weighted by Crippen LogP contribution is 2.33. The Balaban J connectivity index is 1.45. The van der Waals surface area contributed by atoms with Crippen LogP contribution < -0.4 is 4.74 Å². The van der Waals surface area contributed by atoms with Crippen molar-refractivity contribution >= 4 is 34.2 Å². The summed E-state index contributed by atoms with van der Waals surface area (Å²) >= 11 is 1.59. The van der Waals surface area contributed by atoms with Crippen molar-refractivity contribution in [3.05, 3.63) is 64.9 Å². The number of ether oxygens (including phenoxy) is 4. The van der Waals surface area contributed by atoms with Crippen LogP contribution in [0.25, 0.3) is 10.8 Å². The lowest BCUT2D eigenvalue weighted by Crippen LogP contribution is -2.33. The fraction of sp³-hybridized carbons (Fsp3) is 0.385. The number of amides is 1. The summed E-state index contributed by atoms with van der Waals surface area (Å²) in [5.41, 5.74) is 0. The Morgan fingerprint density at radius 1 is 0.974 bits per heavy atom. The molecule has 2 N–H and O–H groups in total. The Kier molecular flexibility index (Phi) is 11.7. The highest BCUT2D eigenvalue weighted by atomic mass is 32.1. The van der Waals surface area contributed by atoms with Gasteiger partial charge in [-0.1, -0.05) is 42.5 Å². The van der Waals surface area contributed by atoms with Crippen molar-refractivity contribution in [3.8, 4) is 5.75 Å². The Hall–Kier alpha value is -3.26. The van der Waals surface area contributed by atoms with Gasteiger partial charge in [0, 0.05) is 37.2 Å². The molecule has 0 fully saturated rings. The Labute approximate surface area is 224 Å². The van der Waals surface area contributed by atoms with E-state index in [2.05, 4.69) is 4.84 Å². The van der Waals surface area contributed by atoms with Crippen molar-refractivity contribution in [3.63, 3.8) is 0 Å². The molecule has 2 atom stereocenters. The van der Waals surface area contributed by atoms with Gasteiger partial charge < -0.3 is 23.8 Å². The van der Waals surface area contributed by atoms with Gasteiger partial charge in [-0.2, -0.15) is 0 Å². The van der Waals surface area contributed by atoms with Crippen LogP contribution in [0.4, 0.5) is 4.79 Å². The lowest BCUT2D eigenvalue weighted by molar-refractivity contribution is -0.493. The lowest BCUT2D eigenvalue weighted by atomic mass is 10.1. The highest BCUT2D eigenvalue weighted by molar-refractivity contribution is 7.10. The number of hydrogen-bond donors (Lipinski definition) is 2. The van der Waals surface area contributed by atoms with Crippen LogP contribution in [0.5, 0.6) is 5.75 Å². The van der Waals surface area contributed by atoms with E-state index in [1.807, 2.05) is 60.0 Å². The van der Waals surface area contributed by atoms with E-state index >= 15 is 0 Å². The molecule has 1 unspecified atom stereocenters. The normalized spacial score (nSPS) is 12.8. The first-order chi connectivity index (χ1) is 18.3. The number of rotatable bonds is 15. The minimum atomic E-state index is -1.09. The van der Waals surface area contributed by atoms with Crippen molar-refractivity contribution in [2.75, 3.05) is 33.4 Å². The van der Waals surface area contributed by atoms with Gasteiger partial charge in [0.1, 0.15) is 11.9 Å². The van der Waals surface area contributed by atoms with Crippen LogP contribution in [0.1, 0.15) is 30.7 Å². The van der Waals surface area contributed by atoms with Crippen molar-refractivity contribution in [1.29, 1.82) is 0 Å². The molecule has 0 aliphatic rings. The minimum absolute atomic E-state index is 0.0282. The maximum Gasteiger partial charge on any atom is 0.412 e. The molecule has 2 aromatic carbocycles. The second-order valence-corrected chi connectivity index (χ2v) is 9.18. The fourth-order valence-electron chi connectivity index (χ4n) is 3.52. The van der Waals surface area contributed by atoms with E-state index in [1.54, 1.807) is 18.4 Å². The molecular formula is C26H32N2O9S. The van der Waals surface area contributed by atoms with Gasteiger partial charge in [0.15, 0.2) is 0 Å². The minimum Gasteiger partial charge on any atom is -0.484 e. The van der Waals surface area contributed by atoms with Crippen LogP contribution in [0, 0.1) is 0 Å². The summed E-state index contributed by atoms with van der Waals surface area (Å²) in [6.45, 7) is 1.76. The molecule has 3 rings (SSSR count). The fourth-order valence-corrected chi connectivity index (χ4v) is 4.31. The number of nitrogens with zero attached hydrogens (tertiary/aromatic N) is 2. The van der Waals surface area contributed by atoms with E-state index in [-0.39, 0.29) is 32.3 Å². The van der Waals surface area contributed by atoms with E-state index in [0.29, 0.717) is 13.0 Å². The Bertz CT molecular complexity index is 1140. The van der Waals surface area contributed by atoms with Crippen molar-refractivity contribution < 1.29 is 43.8 Å². The smallest absolute Gasteiger partial charge is 0.412 e. The number of hydrogen-bond acceptors (Lipinski definition) is 11. The van der Waals surface area contributed by atoms with Crippen LogP contribution >= 0.6 is 11.3 Å². The highest BCUT2D eigenvalue weighted by Gasteiger charge is 2.21. The maximum absolute atomic E-state index is 12.5. The summed E-state index contributed by atoms with van der Waals surface area (Å²) in [6, 6.07) is 17.9. The molecule has 1 amide bonds. The molecule has 206 valence electrons. The van der Waals surface area contributed by atoms with E-state index in [4.69, 9.17) is 29.4 Å². The topological polar surface area (TPSA) is 127 Å². The summed E-state index contributed by atoms with van der Waals surface area (Å²) in [6.07, 6.45) is -1.54. The maximum atomic E-state index is 12.5. The molecule has 11 nitrogen and oxygen atoms in total. The molecule has 0 saturated carbocycles. The number of carbonyl (C=O) groups excluding carboxylic acids is 2. The third-order valence-electron chi connectivity index (χ3n) is 5.37. The first kappa shape index (κ1) is 29.3. The van der Waals surface area contributed by atoms with Gasteiger partial charge in [-0.3, -0.25) is 15.2 Å². The SMILES string of the molecule is CC(OC(=O)CCOCCON(O)O)OC(=O)N(C)CC[C@H](Oc1cccc2ccccc12)c1cccs1. The third-order valence-corrected chi connectivity index (χ3v) is 6.33. The Morgan fingerprint density at radius 2 is 1.76 bits per heavy atom. The van der Waals surface area contributed by atoms with E-state index in [0.717, 1.165) is 21.4 Å². The number of carbonyl (C=O) groups is 2. The summed E-state index contributed by atoms with van der Waals surface area (Å²) in [5, 5.41) is 20.4. The first-order valence-electron chi connectivity index (χ1n) is 12.0. The zero-order valence-corrected chi connectivity index (χ0v) is 22.0. The van der Waals surface area contributed by atoms with Crippen LogP contribution in [-0.2, 0) is 23.8 Å². The molecular weight excluding hydrogens is 516 g/mol. The first-order valence-corrected chi connectivity index (χ1v) is 12.9. The van der Waals surface area contributed by atoms with Gasteiger partial charge in [-0.15, -0.1) is 11.3 Å². The van der Waals surface area contributed by atoms with Gasteiger partial charge >= 0.3 is 12.1 Å². The number of fused-ring (bicyclic) bond motifs is 1. The van der Waals surface area contributed by atoms with Gasteiger partial charge in [-0.05, 0) is 22.9 Å². The predicted octanol–water partition coefficient (Wildman–Crippen LogP) is 4.79. The average molecular weight is 549 g/mol. The monoisotopic (exact) mass is 548 g/mol. The molecule has 1 aromatic heterocycles. The molecule has 0 spiro atoms. The summed E-state index contributed by atoms with van der Waals surface area (Å²) in [5.74, 6) is 0.161. The quantitative estimate of drug-likeness (QED) is 0.118. The summed E-state index contributed by atoms with van der Waals surface area (Å²) in [4.78, 5) is 31.2. The molecule has 0 aliphatic carbocycles. The Morgan fingerprint density at radius 3 is 2.53 bits per heavy atom. The molecule has 1 heterocycles. The van der Waals surface area contributed by atoms with Gasteiger partial charge in [0.05, 0.1) is 31.6 Å². The molecule has 0 aliphatic heterocycles. The van der Waals surface area contributed by atoms with Crippen LogP contribution in [0.3, 0.4) is 0 Å². The second-order valence-electron chi connectivity index (χ2n) is 8.20. The van der Waals surface area contributed by atoms with Crippen molar-refractivity contribution in [2.45, 2.75) is 32.2 Å². The zero-order chi connectivity index (χ0) is 27.3. The molecule has 38 heavy (non-hydrogen) atoms. The van der Waals surface area contributed by atoms with Crippen LogP contribution in [0.2, 0.25) is 0 Å². The standard InChI is InChI=1S/C26H32N2O9S/c1-19(35-25(29)13-15-33-16-17-34-28(31)32)36-26(30)27(2)14-12-23(24-11-6-18-38-24)37-22-10-5-8-20-7-3-4-9-21(20)22/h3-11,18-19,23,31-32H,12-17H2,1-2H3/t19?,23-/m0/s1. The molecule has 0 bridgehead atoms. The van der Waals surface area contributed by atoms with Crippen molar-refractivity contribution in [2.24, 2.45) is 0 Å². The van der Waals surface area contributed by atoms with Crippen LogP contribution in [-0.4, -0.2) is 72.5 Å². The lowest BCUT2D eigenvalue weighted by Gasteiger charge is -2.24. The largest absolute Gasteiger partial charge is 0.484 e. The second kappa shape index (κ2) is 15.2. The summed E-state index contributed by atoms with van der Waals surface area (Å²) in [7, 11) is 1.61. The van der Waals surface area contributed by atoms with Gasteiger partial charge in [0.2, 0.25) is 6.29 Å².